The van der Waals surface area contributed by atoms with Crippen molar-refractivity contribution in [2.75, 3.05) is 0 Å². The normalized spacial score (nSPS) is 57.5. The minimum absolute atomic E-state index is 0.0294. The van der Waals surface area contributed by atoms with E-state index in [1.165, 1.54) is 0 Å². The van der Waals surface area contributed by atoms with Crippen molar-refractivity contribution >= 4 is 11.9 Å². The number of hydrogen-bond donors (Lipinski definition) is 2. The number of hydrogen-bond acceptors (Lipinski definition) is 4. The van der Waals surface area contributed by atoms with Crippen molar-refractivity contribution < 1.29 is 24.5 Å². The first-order valence-corrected chi connectivity index (χ1v) is 9.07. The molecule has 4 bridgehead atoms. The molecule has 5 nitrogen and oxygen atoms in total. The van der Waals surface area contributed by atoms with E-state index in [2.05, 4.69) is 6.58 Å². The summed E-state index contributed by atoms with van der Waals surface area (Å²) in [5.41, 5.74) is -2.00. The number of carbonyl (C=O) groups excluding carboxylic acids is 1. The number of esters is 1. The van der Waals surface area contributed by atoms with Crippen LogP contribution in [0.15, 0.2) is 12.2 Å². The third kappa shape index (κ3) is 1.29. The SMILES string of the molecule is C=C1C[C@]23C[C@@]1(O)CC[C@H]2[C@@]12CCCC(C)(C(=O)O1)C2[C@@H]3C(=O)O. The molecule has 24 heavy (non-hydrogen) atoms. The molecule has 2 unspecified atom stereocenters. The molecule has 0 aromatic rings. The van der Waals surface area contributed by atoms with Gasteiger partial charge < -0.3 is 14.9 Å². The summed E-state index contributed by atoms with van der Waals surface area (Å²) in [7, 11) is 0. The van der Waals surface area contributed by atoms with Gasteiger partial charge in [-0.2, -0.15) is 0 Å². The van der Waals surface area contributed by atoms with Gasteiger partial charge in [-0.05, 0) is 62.9 Å². The van der Waals surface area contributed by atoms with E-state index in [0.29, 0.717) is 25.7 Å². The van der Waals surface area contributed by atoms with Crippen LogP contribution in [0.4, 0.5) is 0 Å². The summed E-state index contributed by atoms with van der Waals surface area (Å²) in [6, 6.07) is 0. The number of aliphatic carboxylic acids is 1. The first-order valence-electron chi connectivity index (χ1n) is 9.07. The lowest BCUT2D eigenvalue weighted by Gasteiger charge is -2.45. The summed E-state index contributed by atoms with van der Waals surface area (Å²) in [6.07, 6.45) is 4.72. The Morgan fingerprint density at radius 1 is 1.33 bits per heavy atom. The number of aliphatic hydroxyl groups is 1. The van der Waals surface area contributed by atoms with E-state index in [1.807, 2.05) is 6.92 Å². The van der Waals surface area contributed by atoms with Gasteiger partial charge in [0.05, 0.1) is 16.9 Å². The van der Waals surface area contributed by atoms with Gasteiger partial charge in [-0.1, -0.05) is 6.58 Å². The topological polar surface area (TPSA) is 83.8 Å². The van der Waals surface area contributed by atoms with Gasteiger partial charge in [0.2, 0.25) is 0 Å². The smallest absolute Gasteiger partial charge is 0.312 e. The zero-order valence-corrected chi connectivity index (χ0v) is 14.0. The summed E-state index contributed by atoms with van der Waals surface area (Å²) in [4.78, 5) is 25.1. The highest BCUT2D eigenvalue weighted by Gasteiger charge is 2.82. The Bertz CT molecular complexity index is 700. The Hall–Kier alpha value is -1.36. The zero-order chi connectivity index (χ0) is 17.1. The van der Waals surface area contributed by atoms with Gasteiger partial charge in [-0.3, -0.25) is 9.59 Å². The predicted molar refractivity (Wildman–Crippen MR) is 83.9 cm³/mol. The van der Waals surface area contributed by atoms with Gasteiger partial charge in [0.1, 0.15) is 5.60 Å². The van der Waals surface area contributed by atoms with Crippen LogP contribution in [0.25, 0.3) is 0 Å². The van der Waals surface area contributed by atoms with Gasteiger partial charge >= 0.3 is 11.9 Å². The first-order chi connectivity index (χ1) is 11.2. The molecule has 7 atom stereocenters. The standard InChI is InChI=1S/C19H24O5/c1-10-8-17-9-18(10,23)7-4-11(17)19-6-3-5-16(2,15(22)24-19)13(19)12(17)14(20)21/h11-13,23H,1,3-9H2,2H3,(H,20,21)/t11-,12-,13?,16?,17+,18+,19-/m1/s1. The van der Waals surface area contributed by atoms with Crippen molar-refractivity contribution in [2.45, 2.75) is 63.1 Å². The number of rotatable bonds is 1. The van der Waals surface area contributed by atoms with Crippen LogP contribution in [0.1, 0.15) is 51.9 Å². The molecule has 0 aromatic carbocycles. The molecule has 1 spiro atoms. The molecule has 5 heteroatoms. The van der Waals surface area contributed by atoms with Crippen LogP contribution in [0.2, 0.25) is 0 Å². The van der Waals surface area contributed by atoms with E-state index < -0.39 is 33.9 Å². The van der Waals surface area contributed by atoms with Gasteiger partial charge in [-0.15, -0.1) is 0 Å². The molecule has 5 aliphatic rings. The fourth-order valence-electron chi connectivity index (χ4n) is 7.69. The van der Waals surface area contributed by atoms with Crippen LogP contribution in [-0.4, -0.2) is 33.4 Å². The van der Waals surface area contributed by atoms with Crippen LogP contribution in [0.5, 0.6) is 0 Å². The molecule has 0 radical (unpaired) electrons. The monoisotopic (exact) mass is 332 g/mol. The van der Waals surface area contributed by atoms with E-state index in [1.54, 1.807) is 0 Å². The van der Waals surface area contributed by atoms with Crippen LogP contribution < -0.4 is 0 Å². The molecule has 4 saturated carbocycles. The van der Waals surface area contributed by atoms with Crippen molar-refractivity contribution in [3.63, 3.8) is 0 Å². The summed E-state index contributed by atoms with van der Waals surface area (Å²) in [6.45, 7) is 5.98. The molecule has 1 heterocycles. The fraction of sp³-hybridized carbons (Fsp3) is 0.789. The Morgan fingerprint density at radius 2 is 2.08 bits per heavy atom. The third-order valence-corrected chi connectivity index (χ3v) is 8.40. The maximum atomic E-state index is 12.7. The van der Waals surface area contributed by atoms with E-state index in [-0.39, 0.29) is 17.8 Å². The molecule has 5 rings (SSSR count). The molecule has 1 aliphatic heterocycles. The van der Waals surface area contributed by atoms with E-state index >= 15 is 0 Å². The van der Waals surface area contributed by atoms with Crippen molar-refractivity contribution in [1.82, 2.24) is 0 Å². The molecular formula is C19H24O5. The van der Waals surface area contributed by atoms with Gasteiger partial charge in [-0.25, -0.2) is 0 Å². The van der Waals surface area contributed by atoms with Gasteiger partial charge in [0, 0.05) is 11.8 Å². The lowest BCUT2D eigenvalue weighted by atomic mass is 9.60. The second-order valence-electron chi connectivity index (χ2n) is 9.22. The predicted octanol–water partition coefficient (Wildman–Crippen LogP) is 2.28. The lowest BCUT2D eigenvalue weighted by Crippen LogP contribution is -2.48. The lowest BCUT2D eigenvalue weighted by molar-refractivity contribution is -0.162. The molecule has 2 N–H and O–H groups in total. The highest BCUT2D eigenvalue weighted by molar-refractivity contribution is 5.84. The molecule has 1 saturated heterocycles. The highest BCUT2D eigenvalue weighted by Crippen LogP contribution is 2.78. The van der Waals surface area contributed by atoms with Crippen LogP contribution >= 0.6 is 0 Å². The number of ether oxygens (including phenoxy) is 1. The van der Waals surface area contributed by atoms with E-state index in [0.717, 1.165) is 24.8 Å². The molecular weight excluding hydrogens is 308 g/mol. The van der Waals surface area contributed by atoms with Crippen molar-refractivity contribution in [3.05, 3.63) is 12.2 Å². The third-order valence-electron chi connectivity index (χ3n) is 8.40. The molecule has 130 valence electrons. The van der Waals surface area contributed by atoms with Crippen molar-refractivity contribution in [3.8, 4) is 0 Å². The van der Waals surface area contributed by atoms with Crippen molar-refractivity contribution in [1.29, 1.82) is 0 Å². The number of carbonyl (C=O) groups is 2. The summed E-state index contributed by atoms with van der Waals surface area (Å²) in [5.74, 6) is -1.92. The minimum Gasteiger partial charge on any atom is -0.481 e. The van der Waals surface area contributed by atoms with E-state index in [4.69, 9.17) is 4.74 Å². The Kier molecular flexibility index (Phi) is 2.43. The zero-order valence-electron chi connectivity index (χ0n) is 14.0. The summed E-state index contributed by atoms with van der Waals surface area (Å²) < 4.78 is 6.05. The summed E-state index contributed by atoms with van der Waals surface area (Å²) in [5, 5.41) is 21.1. The average molecular weight is 332 g/mol. The minimum atomic E-state index is -0.932. The second-order valence-corrected chi connectivity index (χ2v) is 9.22. The molecule has 5 fully saturated rings. The summed E-state index contributed by atoms with van der Waals surface area (Å²) >= 11 is 0. The molecule has 4 aliphatic carbocycles. The van der Waals surface area contributed by atoms with Gasteiger partial charge in [0.15, 0.2) is 0 Å². The van der Waals surface area contributed by atoms with Crippen molar-refractivity contribution in [2.24, 2.45) is 28.6 Å². The molecule has 0 aromatic heterocycles. The van der Waals surface area contributed by atoms with Crippen LogP contribution in [0.3, 0.4) is 0 Å². The largest absolute Gasteiger partial charge is 0.481 e. The van der Waals surface area contributed by atoms with E-state index in [9.17, 15) is 19.8 Å². The van der Waals surface area contributed by atoms with Crippen LogP contribution in [-0.2, 0) is 14.3 Å². The maximum Gasteiger partial charge on any atom is 0.312 e. The number of carboxylic acids is 1. The number of carboxylic acid groups (broad SMARTS) is 1. The Balaban J connectivity index is 1.75. The van der Waals surface area contributed by atoms with Crippen LogP contribution in [0, 0.1) is 28.6 Å². The Labute approximate surface area is 141 Å². The maximum absolute atomic E-state index is 12.7. The second kappa shape index (κ2) is 3.90. The quantitative estimate of drug-likeness (QED) is 0.568. The first kappa shape index (κ1) is 14.9. The fourth-order valence-corrected chi connectivity index (χ4v) is 7.69. The molecule has 0 amide bonds. The average Bonchev–Trinajstić information content (AvgIpc) is 2.88. The number of fused-ring (bicyclic) bond motifs is 1. The highest BCUT2D eigenvalue weighted by atomic mass is 16.6. The Morgan fingerprint density at radius 3 is 2.79 bits per heavy atom. The van der Waals surface area contributed by atoms with Gasteiger partial charge in [0.25, 0.3) is 0 Å².